The average molecular weight is 269 g/mol. The van der Waals surface area contributed by atoms with E-state index in [4.69, 9.17) is 0 Å². The molecule has 0 N–H and O–H groups in total. The van der Waals surface area contributed by atoms with Crippen LogP contribution in [0.4, 0.5) is 4.39 Å². The molecule has 0 aromatic heterocycles. The van der Waals surface area contributed by atoms with Crippen LogP contribution in [0.3, 0.4) is 0 Å². The Hall–Kier alpha value is 0.360. The van der Waals surface area contributed by atoms with E-state index < -0.39 is 0 Å². The highest BCUT2D eigenvalue weighted by Gasteiger charge is 2.10. The first-order valence-corrected chi connectivity index (χ1v) is 5.48. The molecule has 64 valence electrons. The third-order valence-electron chi connectivity index (χ3n) is 1.79. The minimum Gasteiger partial charge on any atom is -0.296 e. The van der Waals surface area contributed by atoms with Crippen LogP contribution in [0.5, 0.6) is 0 Å². The highest BCUT2D eigenvalue weighted by atomic mass is 127. The average Bonchev–Trinajstić information content (AvgIpc) is 2.01. The number of alkyl halides is 1. The van der Waals surface area contributed by atoms with Gasteiger partial charge in [-0.05, 0) is 19.4 Å². The predicted octanol–water partition coefficient (Wildman–Crippen LogP) is 2.37. The molecular weight excluding hydrogens is 256 g/mol. The van der Waals surface area contributed by atoms with Crippen molar-refractivity contribution in [3.63, 3.8) is 0 Å². The summed E-state index contributed by atoms with van der Waals surface area (Å²) in [6.07, 6.45) is 3.75. The van der Waals surface area contributed by atoms with Crippen molar-refractivity contribution in [3.8, 4) is 0 Å². The Balaban J connectivity index is 2.21. The van der Waals surface area contributed by atoms with Gasteiger partial charge >= 0.3 is 0 Å². The van der Waals surface area contributed by atoms with Crippen molar-refractivity contribution in [2.24, 2.45) is 0 Å². The van der Waals surface area contributed by atoms with Gasteiger partial charge in [-0.2, -0.15) is 0 Å². The summed E-state index contributed by atoms with van der Waals surface area (Å²) in [5.41, 5.74) is 0. The van der Waals surface area contributed by atoms with Crippen molar-refractivity contribution >= 4 is 22.6 Å². The molecule has 0 aromatic rings. The first kappa shape index (κ1) is 9.45. The van der Waals surface area contributed by atoms with Gasteiger partial charge in [-0.1, -0.05) is 28.7 Å². The molecule has 0 unspecified atom stereocenters. The molecule has 1 rings (SSSR count). The molecule has 1 aliphatic heterocycles. The van der Waals surface area contributed by atoms with Crippen molar-refractivity contribution in [2.75, 3.05) is 24.1 Å². The van der Waals surface area contributed by atoms with E-state index in [9.17, 15) is 4.39 Å². The van der Waals surface area contributed by atoms with Gasteiger partial charge in [-0.15, -0.1) is 0 Å². The van der Waals surface area contributed by atoms with Gasteiger partial charge in [0.25, 0.3) is 0 Å². The highest BCUT2D eigenvalue weighted by Crippen LogP contribution is 2.10. The van der Waals surface area contributed by atoms with Crippen LogP contribution >= 0.6 is 22.6 Å². The molecule has 1 nitrogen and oxygen atoms in total. The standard InChI is InChI=1S/C8H13FIN/c9-8-3-1-5-11(7-8)6-2-4-10/h3H,1-2,4-7H2. The molecule has 3 heteroatoms. The molecular formula is C8H13FIN. The summed E-state index contributed by atoms with van der Waals surface area (Å²) in [7, 11) is 0. The van der Waals surface area contributed by atoms with Gasteiger partial charge in [-0.3, -0.25) is 4.90 Å². The Morgan fingerprint density at radius 2 is 2.45 bits per heavy atom. The lowest BCUT2D eigenvalue weighted by Crippen LogP contribution is -2.30. The molecule has 1 aliphatic rings. The summed E-state index contributed by atoms with van der Waals surface area (Å²) in [6.45, 7) is 2.62. The van der Waals surface area contributed by atoms with E-state index in [-0.39, 0.29) is 5.83 Å². The molecule has 0 aromatic carbocycles. The SMILES string of the molecule is FC1=CCCN(CCCI)C1. The summed E-state index contributed by atoms with van der Waals surface area (Å²) < 4.78 is 13.8. The summed E-state index contributed by atoms with van der Waals surface area (Å²) in [5.74, 6) is 0.0460. The first-order valence-electron chi connectivity index (χ1n) is 3.96. The fourth-order valence-electron chi connectivity index (χ4n) is 1.24. The van der Waals surface area contributed by atoms with Crippen LogP contribution in [0.15, 0.2) is 11.9 Å². The first-order chi connectivity index (χ1) is 5.33. The number of halogens is 2. The maximum atomic E-state index is 12.7. The molecule has 0 amide bonds. The molecule has 0 bridgehead atoms. The minimum absolute atomic E-state index is 0.0460. The second-order valence-corrected chi connectivity index (χ2v) is 3.84. The van der Waals surface area contributed by atoms with Crippen LogP contribution < -0.4 is 0 Å². The van der Waals surface area contributed by atoms with Gasteiger partial charge < -0.3 is 0 Å². The lowest BCUT2D eigenvalue weighted by Gasteiger charge is -2.23. The predicted molar refractivity (Wildman–Crippen MR) is 53.8 cm³/mol. The molecule has 0 aliphatic carbocycles. The van der Waals surface area contributed by atoms with Crippen LogP contribution in [0.1, 0.15) is 12.8 Å². The van der Waals surface area contributed by atoms with Crippen LogP contribution in [-0.4, -0.2) is 29.0 Å². The topological polar surface area (TPSA) is 3.24 Å². The van der Waals surface area contributed by atoms with E-state index in [2.05, 4.69) is 27.5 Å². The van der Waals surface area contributed by atoms with Gasteiger partial charge in [0.1, 0.15) is 5.83 Å². The Bertz CT molecular complexity index is 147. The van der Waals surface area contributed by atoms with Gasteiger partial charge in [0.15, 0.2) is 0 Å². The van der Waals surface area contributed by atoms with Gasteiger partial charge in [0.05, 0.1) is 0 Å². The monoisotopic (exact) mass is 269 g/mol. The van der Waals surface area contributed by atoms with Crippen LogP contribution in [-0.2, 0) is 0 Å². The molecule has 1 heterocycles. The number of rotatable bonds is 3. The number of hydrogen-bond acceptors (Lipinski definition) is 1. The highest BCUT2D eigenvalue weighted by molar-refractivity contribution is 14.1. The fraction of sp³-hybridized carbons (Fsp3) is 0.750. The van der Waals surface area contributed by atoms with E-state index in [0.29, 0.717) is 6.54 Å². The third-order valence-corrected chi connectivity index (χ3v) is 2.56. The van der Waals surface area contributed by atoms with Crippen LogP contribution in [0, 0.1) is 0 Å². The van der Waals surface area contributed by atoms with Crippen LogP contribution in [0.25, 0.3) is 0 Å². The molecule has 0 saturated carbocycles. The number of hydrogen-bond donors (Lipinski definition) is 0. The Morgan fingerprint density at radius 1 is 1.64 bits per heavy atom. The zero-order valence-corrected chi connectivity index (χ0v) is 8.68. The normalized spacial score (nSPS) is 20.0. The van der Waals surface area contributed by atoms with E-state index >= 15 is 0 Å². The van der Waals surface area contributed by atoms with E-state index in [1.807, 2.05) is 0 Å². The van der Waals surface area contributed by atoms with E-state index in [1.54, 1.807) is 6.08 Å². The maximum Gasteiger partial charge on any atom is 0.110 e. The Labute approximate surface area is 80.8 Å². The number of nitrogens with zero attached hydrogens (tertiary/aromatic N) is 1. The van der Waals surface area contributed by atoms with Gasteiger partial charge in [-0.25, -0.2) is 4.39 Å². The minimum atomic E-state index is 0.0460. The van der Waals surface area contributed by atoms with Crippen molar-refractivity contribution in [1.82, 2.24) is 4.90 Å². The summed E-state index contributed by atoms with van der Waals surface area (Å²) >= 11 is 2.35. The zero-order chi connectivity index (χ0) is 8.10. The largest absolute Gasteiger partial charge is 0.296 e. The summed E-state index contributed by atoms with van der Waals surface area (Å²) in [6, 6.07) is 0. The summed E-state index contributed by atoms with van der Waals surface area (Å²) in [5, 5.41) is 0. The van der Waals surface area contributed by atoms with Crippen molar-refractivity contribution in [1.29, 1.82) is 0 Å². The Kier molecular flexibility index (Phi) is 4.37. The Morgan fingerprint density at radius 3 is 3.09 bits per heavy atom. The van der Waals surface area contributed by atoms with Crippen LogP contribution in [0.2, 0.25) is 0 Å². The molecule has 0 spiro atoms. The summed E-state index contributed by atoms with van der Waals surface area (Å²) in [4.78, 5) is 2.17. The molecule has 0 atom stereocenters. The van der Waals surface area contributed by atoms with E-state index in [1.165, 1.54) is 10.8 Å². The molecule has 0 saturated heterocycles. The lowest BCUT2D eigenvalue weighted by molar-refractivity contribution is 0.269. The zero-order valence-electron chi connectivity index (χ0n) is 6.52. The molecule has 0 radical (unpaired) electrons. The quantitative estimate of drug-likeness (QED) is 0.561. The molecule has 11 heavy (non-hydrogen) atoms. The van der Waals surface area contributed by atoms with Crippen molar-refractivity contribution < 1.29 is 4.39 Å². The van der Waals surface area contributed by atoms with Gasteiger partial charge in [0, 0.05) is 17.5 Å². The van der Waals surface area contributed by atoms with Gasteiger partial charge in [0.2, 0.25) is 0 Å². The van der Waals surface area contributed by atoms with E-state index in [0.717, 1.165) is 19.5 Å². The van der Waals surface area contributed by atoms with Crippen molar-refractivity contribution in [2.45, 2.75) is 12.8 Å². The van der Waals surface area contributed by atoms with Crippen molar-refractivity contribution in [3.05, 3.63) is 11.9 Å². The third kappa shape index (κ3) is 3.51. The second-order valence-electron chi connectivity index (χ2n) is 2.76. The fourth-order valence-corrected chi connectivity index (χ4v) is 1.58. The lowest BCUT2D eigenvalue weighted by atomic mass is 10.2. The smallest absolute Gasteiger partial charge is 0.110 e. The maximum absolute atomic E-state index is 12.7. The second kappa shape index (κ2) is 5.09. The molecule has 0 fully saturated rings.